The molecule has 0 aliphatic carbocycles. The molecular weight excluding hydrogens is 282 g/mol. The lowest BCUT2D eigenvalue weighted by atomic mass is 10.2. The topological polar surface area (TPSA) is 38.8 Å². The van der Waals surface area contributed by atoms with Crippen molar-refractivity contribution in [3.05, 3.63) is 23.8 Å². The van der Waals surface area contributed by atoms with Gasteiger partial charge in [-0.1, -0.05) is 30.0 Å². The van der Waals surface area contributed by atoms with E-state index in [-0.39, 0.29) is 11.2 Å². The molecule has 0 aromatic heterocycles. The number of thioether (sulfide) groups is 1. The maximum Gasteiger partial charge on any atom is 0.241 e. The molecule has 1 aliphatic rings. The Kier molecular flexibility index (Phi) is 4.31. The minimum atomic E-state index is -0.0901. The first-order chi connectivity index (χ1) is 9.06. The quantitative estimate of drug-likeness (QED) is 0.798. The fourth-order valence-electron chi connectivity index (χ4n) is 1.88. The van der Waals surface area contributed by atoms with E-state index < -0.39 is 0 Å². The molecule has 2 rings (SSSR count). The van der Waals surface area contributed by atoms with Gasteiger partial charge in [0.25, 0.3) is 0 Å². The molecule has 0 saturated carbocycles. The first-order valence-electron chi connectivity index (χ1n) is 5.79. The van der Waals surface area contributed by atoms with E-state index in [4.69, 9.17) is 21.7 Å². The van der Waals surface area contributed by atoms with Gasteiger partial charge in [0.1, 0.15) is 4.32 Å². The van der Waals surface area contributed by atoms with Crippen LogP contribution in [0.25, 0.3) is 0 Å². The van der Waals surface area contributed by atoms with Crippen LogP contribution in [0.2, 0.25) is 0 Å². The highest BCUT2D eigenvalue weighted by atomic mass is 32.2. The number of thiocarbonyl (C=S) groups is 1. The predicted octanol–water partition coefficient (Wildman–Crippen LogP) is 2.45. The smallest absolute Gasteiger partial charge is 0.241 e. The minimum Gasteiger partial charge on any atom is -0.493 e. The van der Waals surface area contributed by atoms with Crippen molar-refractivity contribution < 1.29 is 14.3 Å². The van der Waals surface area contributed by atoms with Crippen LogP contribution >= 0.6 is 24.0 Å². The Labute approximate surface area is 122 Å². The van der Waals surface area contributed by atoms with Gasteiger partial charge in [0.05, 0.1) is 26.0 Å². The van der Waals surface area contributed by atoms with E-state index in [1.54, 1.807) is 19.1 Å². The van der Waals surface area contributed by atoms with Crippen molar-refractivity contribution in [2.24, 2.45) is 0 Å². The molecule has 1 saturated heterocycles. The van der Waals surface area contributed by atoms with Gasteiger partial charge in [0.15, 0.2) is 11.5 Å². The standard InChI is InChI=1S/C13H15NO3S2/c1-8-12(15)14(13(18)19-8)7-9-4-5-10(16-2)11(6-9)17-3/h4-6,8H,7H2,1-3H3. The van der Waals surface area contributed by atoms with Crippen molar-refractivity contribution >= 4 is 34.2 Å². The average molecular weight is 297 g/mol. The highest BCUT2D eigenvalue weighted by molar-refractivity contribution is 8.24. The van der Waals surface area contributed by atoms with Crippen molar-refractivity contribution in [2.75, 3.05) is 14.2 Å². The van der Waals surface area contributed by atoms with Gasteiger partial charge in [-0.2, -0.15) is 0 Å². The molecule has 1 atom stereocenters. The largest absolute Gasteiger partial charge is 0.493 e. The van der Waals surface area contributed by atoms with E-state index in [0.29, 0.717) is 22.4 Å². The van der Waals surface area contributed by atoms with E-state index in [2.05, 4.69) is 0 Å². The molecule has 1 amide bonds. The lowest BCUT2D eigenvalue weighted by molar-refractivity contribution is -0.126. The number of hydrogen-bond donors (Lipinski definition) is 0. The molecule has 0 bridgehead atoms. The third-order valence-electron chi connectivity index (χ3n) is 2.90. The first kappa shape index (κ1) is 14.1. The van der Waals surface area contributed by atoms with E-state index in [1.807, 2.05) is 25.1 Å². The molecule has 0 N–H and O–H groups in total. The monoisotopic (exact) mass is 297 g/mol. The Bertz CT molecular complexity index is 519. The second-order valence-electron chi connectivity index (χ2n) is 4.14. The third-order valence-corrected chi connectivity index (χ3v) is 4.39. The minimum absolute atomic E-state index is 0.0600. The van der Waals surface area contributed by atoms with Gasteiger partial charge in [0.2, 0.25) is 5.91 Å². The summed E-state index contributed by atoms with van der Waals surface area (Å²) in [7, 11) is 3.18. The van der Waals surface area contributed by atoms with Gasteiger partial charge in [-0.15, -0.1) is 0 Å². The first-order valence-corrected chi connectivity index (χ1v) is 7.08. The lowest BCUT2D eigenvalue weighted by Crippen LogP contribution is -2.29. The van der Waals surface area contributed by atoms with Crippen molar-refractivity contribution in [2.45, 2.75) is 18.7 Å². The van der Waals surface area contributed by atoms with Crippen LogP contribution in [0.5, 0.6) is 11.5 Å². The highest BCUT2D eigenvalue weighted by Gasteiger charge is 2.33. The normalized spacial score (nSPS) is 18.9. The van der Waals surface area contributed by atoms with Crippen LogP contribution in [0.4, 0.5) is 0 Å². The number of ether oxygens (including phenoxy) is 2. The molecule has 6 heteroatoms. The van der Waals surface area contributed by atoms with Gasteiger partial charge >= 0.3 is 0 Å². The second kappa shape index (κ2) is 5.79. The van der Waals surface area contributed by atoms with Crippen LogP contribution < -0.4 is 9.47 Å². The number of carbonyl (C=O) groups is 1. The van der Waals surface area contributed by atoms with E-state index >= 15 is 0 Å². The van der Waals surface area contributed by atoms with Gasteiger partial charge < -0.3 is 9.47 Å². The molecule has 1 fully saturated rings. The highest BCUT2D eigenvalue weighted by Crippen LogP contribution is 2.31. The zero-order valence-corrected chi connectivity index (χ0v) is 12.6. The molecule has 1 unspecified atom stereocenters. The maximum atomic E-state index is 12.0. The Hall–Kier alpha value is -1.27. The van der Waals surface area contributed by atoms with Gasteiger partial charge in [-0.05, 0) is 24.6 Å². The maximum absolute atomic E-state index is 12.0. The average Bonchev–Trinajstić information content (AvgIpc) is 2.65. The molecular formula is C13H15NO3S2. The van der Waals surface area contributed by atoms with Crippen molar-refractivity contribution in [3.8, 4) is 11.5 Å². The van der Waals surface area contributed by atoms with Crippen LogP contribution in [0.3, 0.4) is 0 Å². The fraction of sp³-hybridized carbons (Fsp3) is 0.385. The Morgan fingerprint density at radius 3 is 2.53 bits per heavy atom. The SMILES string of the molecule is COc1ccc(CN2C(=O)C(C)SC2=S)cc1OC. The van der Waals surface area contributed by atoms with Gasteiger partial charge in [0, 0.05) is 0 Å². The summed E-state index contributed by atoms with van der Waals surface area (Å²) in [4.78, 5) is 13.6. The lowest BCUT2D eigenvalue weighted by Gasteiger charge is -2.16. The van der Waals surface area contributed by atoms with Crippen LogP contribution in [-0.4, -0.2) is 34.6 Å². The summed E-state index contributed by atoms with van der Waals surface area (Å²) < 4.78 is 11.1. The summed E-state index contributed by atoms with van der Waals surface area (Å²) >= 11 is 6.64. The molecule has 4 nitrogen and oxygen atoms in total. The zero-order chi connectivity index (χ0) is 14.0. The molecule has 19 heavy (non-hydrogen) atoms. The summed E-state index contributed by atoms with van der Waals surface area (Å²) in [5.74, 6) is 1.38. The van der Waals surface area contributed by atoms with Crippen LogP contribution in [-0.2, 0) is 11.3 Å². The molecule has 0 radical (unpaired) electrons. The van der Waals surface area contributed by atoms with E-state index in [1.165, 1.54) is 11.8 Å². The second-order valence-corrected chi connectivity index (χ2v) is 6.11. The van der Waals surface area contributed by atoms with Crippen LogP contribution in [0.1, 0.15) is 12.5 Å². The zero-order valence-electron chi connectivity index (χ0n) is 11.0. The van der Waals surface area contributed by atoms with Gasteiger partial charge in [-0.3, -0.25) is 9.69 Å². The van der Waals surface area contributed by atoms with Crippen molar-refractivity contribution in [1.82, 2.24) is 4.90 Å². The number of rotatable bonds is 4. The van der Waals surface area contributed by atoms with E-state index in [9.17, 15) is 4.79 Å². The Morgan fingerprint density at radius 2 is 2.00 bits per heavy atom. The summed E-state index contributed by atoms with van der Waals surface area (Å²) in [6.07, 6.45) is 0. The molecule has 1 aromatic carbocycles. The molecule has 1 aliphatic heterocycles. The number of carbonyl (C=O) groups excluding carboxylic acids is 1. The Balaban J connectivity index is 2.20. The molecule has 0 spiro atoms. The van der Waals surface area contributed by atoms with Crippen LogP contribution in [0, 0.1) is 0 Å². The number of amides is 1. The summed E-state index contributed by atoms with van der Waals surface area (Å²) in [6, 6.07) is 5.60. The van der Waals surface area contributed by atoms with Crippen LogP contribution in [0.15, 0.2) is 18.2 Å². The number of nitrogens with zero attached hydrogens (tertiary/aromatic N) is 1. The molecule has 1 aromatic rings. The molecule has 1 heterocycles. The summed E-state index contributed by atoms with van der Waals surface area (Å²) in [5.41, 5.74) is 0.961. The number of benzene rings is 1. The van der Waals surface area contributed by atoms with Crippen molar-refractivity contribution in [3.63, 3.8) is 0 Å². The summed E-state index contributed by atoms with van der Waals surface area (Å²) in [6.45, 7) is 2.34. The number of hydrogen-bond acceptors (Lipinski definition) is 5. The number of methoxy groups -OCH3 is 2. The fourth-order valence-corrected chi connectivity index (χ4v) is 3.28. The third kappa shape index (κ3) is 2.84. The summed E-state index contributed by atoms with van der Waals surface area (Å²) in [5, 5.41) is -0.0901. The predicted molar refractivity (Wildman–Crippen MR) is 79.7 cm³/mol. The van der Waals surface area contributed by atoms with E-state index in [0.717, 1.165) is 5.56 Å². The Morgan fingerprint density at radius 1 is 1.32 bits per heavy atom. The van der Waals surface area contributed by atoms with Gasteiger partial charge in [-0.25, -0.2) is 0 Å². The molecule has 102 valence electrons. The van der Waals surface area contributed by atoms with Crippen molar-refractivity contribution in [1.29, 1.82) is 0 Å².